The molecule has 4 heteroatoms. The standard InChI is InChI=1S/C14H16FN3/c1-4-16-14-17-9(2)8-13(18-14)11-6-5-7-12(15)10(11)3/h5-8H,4H2,1-3H3,(H,16,17,18). The monoisotopic (exact) mass is 245 g/mol. The van der Waals surface area contributed by atoms with Gasteiger partial charge in [-0.05, 0) is 38.5 Å². The molecular formula is C14H16FN3. The van der Waals surface area contributed by atoms with Crippen LogP contribution in [0.4, 0.5) is 10.3 Å². The van der Waals surface area contributed by atoms with Crippen molar-refractivity contribution < 1.29 is 4.39 Å². The van der Waals surface area contributed by atoms with E-state index in [0.717, 1.165) is 23.5 Å². The summed E-state index contributed by atoms with van der Waals surface area (Å²) in [5.41, 5.74) is 3.02. The average Bonchev–Trinajstić information content (AvgIpc) is 2.32. The van der Waals surface area contributed by atoms with E-state index in [9.17, 15) is 4.39 Å². The van der Waals surface area contributed by atoms with Gasteiger partial charge in [-0.25, -0.2) is 14.4 Å². The first-order valence-corrected chi connectivity index (χ1v) is 5.97. The third kappa shape index (κ3) is 2.47. The van der Waals surface area contributed by atoms with Crippen molar-refractivity contribution in [2.75, 3.05) is 11.9 Å². The van der Waals surface area contributed by atoms with Gasteiger partial charge in [0.15, 0.2) is 0 Å². The number of halogens is 1. The van der Waals surface area contributed by atoms with Gasteiger partial charge in [0.25, 0.3) is 0 Å². The summed E-state index contributed by atoms with van der Waals surface area (Å²) >= 11 is 0. The molecule has 1 N–H and O–H groups in total. The van der Waals surface area contributed by atoms with Crippen LogP contribution >= 0.6 is 0 Å². The molecule has 94 valence electrons. The molecule has 0 bridgehead atoms. The van der Waals surface area contributed by atoms with E-state index in [-0.39, 0.29) is 5.82 Å². The Kier molecular flexibility index (Phi) is 3.55. The Bertz CT molecular complexity index is 567. The van der Waals surface area contributed by atoms with Gasteiger partial charge in [0, 0.05) is 17.8 Å². The summed E-state index contributed by atoms with van der Waals surface area (Å²) in [5.74, 6) is 0.366. The van der Waals surface area contributed by atoms with E-state index in [1.165, 1.54) is 6.07 Å². The molecule has 0 aliphatic carbocycles. The van der Waals surface area contributed by atoms with Gasteiger partial charge < -0.3 is 5.32 Å². The van der Waals surface area contributed by atoms with Crippen LogP contribution in [-0.4, -0.2) is 16.5 Å². The van der Waals surface area contributed by atoms with Crippen molar-refractivity contribution in [3.05, 3.63) is 41.3 Å². The zero-order chi connectivity index (χ0) is 13.1. The zero-order valence-electron chi connectivity index (χ0n) is 10.8. The molecule has 0 saturated heterocycles. The number of hydrogen-bond donors (Lipinski definition) is 1. The van der Waals surface area contributed by atoms with Gasteiger partial charge in [0.05, 0.1) is 5.69 Å². The van der Waals surface area contributed by atoms with E-state index in [2.05, 4.69) is 15.3 Å². The summed E-state index contributed by atoms with van der Waals surface area (Å²) in [6.45, 7) is 6.40. The SMILES string of the molecule is CCNc1nc(C)cc(-c2cccc(F)c2C)n1. The molecule has 0 fully saturated rings. The molecule has 0 amide bonds. The van der Waals surface area contributed by atoms with Crippen LogP contribution in [0.3, 0.4) is 0 Å². The van der Waals surface area contributed by atoms with E-state index >= 15 is 0 Å². The minimum Gasteiger partial charge on any atom is -0.354 e. The number of aryl methyl sites for hydroxylation is 1. The lowest BCUT2D eigenvalue weighted by Gasteiger charge is -2.09. The maximum Gasteiger partial charge on any atom is 0.223 e. The second-order valence-corrected chi connectivity index (χ2v) is 4.16. The highest BCUT2D eigenvalue weighted by atomic mass is 19.1. The van der Waals surface area contributed by atoms with Crippen molar-refractivity contribution in [2.45, 2.75) is 20.8 Å². The van der Waals surface area contributed by atoms with Crippen LogP contribution < -0.4 is 5.32 Å². The predicted octanol–water partition coefficient (Wildman–Crippen LogP) is 3.33. The highest BCUT2D eigenvalue weighted by Gasteiger charge is 2.09. The molecule has 3 nitrogen and oxygen atoms in total. The fourth-order valence-corrected chi connectivity index (χ4v) is 1.83. The van der Waals surface area contributed by atoms with Crippen LogP contribution in [0.5, 0.6) is 0 Å². The smallest absolute Gasteiger partial charge is 0.223 e. The molecule has 0 aliphatic rings. The first-order valence-electron chi connectivity index (χ1n) is 5.97. The Balaban J connectivity index is 2.53. The molecule has 1 aromatic heterocycles. The summed E-state index contributed by atoms with van der Waals surface area (Å²) in [6, 6.07) is 6.89. The summed E-state index contributed by atoms with van der Waals surface area (Å²) in [5, 5.41) is 3.08. The van der Waals surface area contributed by atoms with Gasteiger partial charge >= 0.3 is 0 Å². The Morgan fingerprint density at radius 2 is 2.00 bits per heavy atom. The zero-order valence-corrected chi connectivity index (χ0v) is 10.8. The van der Waals surface area contributed by atoms with Crippen LogP contribution in [0.15, 0.2) is 24.3 Å². The molecule has 1 heterocycles. The first kappa shape index (κ1) is 12.5. The Hall–Kier alpha value is -1.97. The van der Waals surface area contributed by atoms with Crippen LogP contribution in [-0.2, 0) is 0 Å². The van der Waals surface area contributed by atoms with E-state index in [4.69, 9.17) is 0 Å². The molecule has 1 aromatic carbocycles. The summed E-state index contributed by atoms with van der Waals surface area (Å²) < 4.78 is 13.6. The number of nitrogens with zero attached hydrogens (tertiary/aromatic N) is 2. The lowest BCUT2D eigenvalue weighted by atomic mass is 10.0. The van der Waals surface area contributed by atoms with Crippen molar-refractivity contribution >= 4 is 5.95 Å². The van der Waals surface area contributed by atoms with Gasteiger partial charge in [0.1, 0.15) is 5.82 Å². The van der Waals surface area contributed by atoms with Gasteiger partial charge in [0.2, 0.25) is 5.95 Å². The van der Waals surface area contributed by atoms with Crippen LogP contribution in [0, 0.1) is 19.7 Å². The highest BCUT2D eigenvalue weighted by molar-refractivity contribution is 5.64. The number of aromatic nitrogens is 2. The van der Waals surface area contributed by atoms with E-state index in [1.54, 1.807) is 13.0 Å². The summed E-state index contributed by atoms with van der Waals surface area (Å²) in [6.07, 6.45) is 0. The van der Waals surface area contributed by atoms with Crippen LogP contribution in [0.25, 0.3) is 11.3 Å². The minimum absolute atomic E-state index is 0.214. The third-order valence-corrected chi connectivity index (χ3v) is 2.73. The molecule has 0 unspecified atom stereocenters. The predicted molar refractivity (Wildman–Crippen MR) is 71.1 cm³/mol. The maximum absolute atomic E-state index is 13.6. The van der Waals surface area contributed by atoms with Crippen molar-refractivity contribution in [2.24, 2.45) is 0 Å². The number of anilines is 1. The number of hydrogen-bond acceptors (Lipinski definition) is 3. The Labute approximate surface area is 106 Å². The van der Waals surface area contributed by atoms with Gasteiger partial charge in [-0.2, -0.15) is 0 Å². The van der Waals surface area contributed by atoms with E-state index in [1.807, 2.05) is 26.0 Å². The molecule has 0 saturated carbocycles. The van der Waals surface area contributed by atoms with Crippen molar-refractivity contribution in [1.82, 2.24) is 9.97 Å². The van der Waals surface area contributed by atoms with Gasteiger partial charge in [-0.3, -0.25) is 0 Å². The number of nitrogens with one attached hydrogen (secondary N) is 1. The van der Waals surface area contributed by atoms with E-state index < -0.39 is 0 Å². The van der Waals surface area contributed by atoms with Gasteiger partial charge in [-0.1, -0.05) is 12.1 Å². The second kappa shape index (κ2) is 5.12. The number of benzene rings is 1. The Morgan fingerprint density at radius 3 is 2.72 bits per heavy atom. The fourth-order valence-electron chi connectivity index (χ4n) is 1.83. The highest BCUT2D eigenvalue weighted by Crippen LogP contribution is 2.24. The normalized spacial score (nSPS) is 10.4. The summed E-state index contributed by atoms with van der Waals surface area (Å²) in [7, 11) is 0. The molecule has 2 aromatic rings. The third-order valence-electron chi connectivity index (χ3n) is 2.73. The molecular weight excluding hydrogens is 229 g/mol. The maximum atomic E-state index is 13.6. The molecule has 18 heavy (non-hydrogen) atoms. The fraction of sp³-hybridized carbons (Fsp3) is 0.286. The molecule has 2 rings (SSSR count). The topological polar surface area (TPSA) is 37.8 Å². The van der Waals surface area contributed by atoms with Crippen molar-refractivity contribution in [3.63, 3.8) is 0 Å². The average molecular weight is 245 g/mol. The van der Waals surface area contributed by atoms with E-state index in [0.29, 0.717) is 11.5 Å². The van der Waals surface area contributed by atoms with Crippen LogP contribution in [0.1, 0.15) is 18.2 Å². The minimum atomic E-state index is -0.214. The van der Waals surface area contributed by atoms with Gasteiger partial charge in [-0.15, -0.1) is 0 Å². The lowest BCUT2D eigenvalue weighted by molar-refractivity contribution is 0.619. The quantitative estimate of drug-likeness (QED) is 0.901. The molecule has 0 atom stereocenters. The van der Waals surface area contributed by atoms with Crippen molar-refractivity contribution in [1.29, 1.82) is 0 Å². The molecule has 0 spiro atoms. The molecule has 0 radical (unpaired) electrons. The largest absolute Gasteiger partial charge is 0.354 e. The lowest BCUT2D eigenvalue weighted by Crippen LogP contribution is -2.04. The first-order chi connectivity index (χ1) is 8.61. The Morgan fingerprint density at radius 1 is 1.22 bits per heavy atom. The summed E-state index contributed by atoms with van der Waals surface area (Å²) in [4.78, 5) is 8.69. The number of rotatable bonds is 3. The van der Waals surface area contributed by atoms with Crippen LogP contribution in [0.2, 0.25) is 0 Å². The van der Waals surface area contributed by atoms with Crippen molar-refractivity contribution in [3.8, 4) is 11.3 Å². The second-order valence-electron chi connectivity index (χ2n) is 4.16. The molecule has 0 aliphatic heterocycles.